The molecule has 1 aromatic carbocycles. The molecule has 5 nitrogen and oxygen atoms in total. The van der Waals surface area contributed by atoms with E-state index in [9.17, 15) is 8.42 Å². The van der Waals surface area contributed by atoms with Crippen LogP contribution >= 0.6 is 0 Å². The number of rotatable bonds is 8. The van der Waals surface area contributed by atoms with E-state index in [0.717, 1.165) is 0 Å². The lowest BCUT2D eigenvalue weighted by Gasteiger charge is -2.25. The van der Waals surface area contributed by atoms with Crippen molar-refractivity contribution in [1.82, 2.24) is 4.72 Å². The number of sulfonamides is 1. The quantitative estimate of drug-likeness (QED) is 0.771. The highest BCUT2D eigenvalue weighted by molar-refractivity contribution is 7.89. The molecule has 0 aliphatic rings. The van der Waals surface area contributed by atoms with E-state index in [1.807, 2.05) is 13.8 Å². The van der Waals surface area contributed by atoms with E-state index < -0.39 is 15.6 Å². The van der Waals surface area contributed by atoms with E-state index in [-0.39, 0.29) is 11.5 Å². The van der Waals surface area contributed by atoms with E-state index in [1.54, 1.807) is 26.0 Å². The lowest BCUT2D eigenvalue weighted by atomic mass is 10.0. The van der Waals surface area contributed by atoms with Gasteiger partial charge in [0, 0.05) is 12.1 Å². The second-order valence-corrected chi connectivity index (χ2v) is 7.82. The molecule has 2 N–H and O–H groups in total. The first-order valence-electron chi connectivity index (χ1n) is 7.04. The largest absolute Gasteiger partial charge is 0.493 e. The average molecular weight is 315 g/mol. The summed E-state index contributed by atoms with van der Waals surface area (Å²) in [4.78, 5) is 0.186. The van der Waals surface area contributed by atoms with Crippen LogP contribution in [0.1, 0.15) is 34.1 Å². The second-order valence-electron chi connectivity index (χ2n) is 6.14. The lowest BCUT2D eigenvalue weighted by Crippen LogP contribution is -2.43. The van der Waals surface area contributed by atoms with Crippen LogP contribution in [-0.2, 0) is 10.0 Å². The van der Waals surface area contributed by atoms with Crippen molar-refractivity contribution in [2.75, 3.05) is 13.2 Å². The van der Waals surface area contributed by atoms with Gasteiger partial charge in [0.15, 0.2) is 0 Å². The van der Waals surface area contributed by atoms with Crippen molar-refractivity contribution < 1.29 is 18.3 Å². The SMILES string of the molecule is CC(C)COc1ccc(S(=O)(=O)NC(C)(C)CCO)cc1. The Morgan fingerprint density at radius 1 is 1.24 bits per heavy atom. The smallest absolute Gasteiger partial charge is 0.241 e. The molecule has 0 saturated heterocycles. The summed E-state index contributed by atoms with van der Waals surface area (Å²) in [5, 5.41) is 8.96. The molecule has 0 aromatic heterocycles. The Hall–Kier alpha value is -1.11. The first-order chi connectivity index (χ1) is 9.66. The van der Waals surface area contributed by atoms with Crippen molar-refractivity contribution in [3.63, 3.8) is 0 Å². The summed E-state index contributed by atoms with van der Waals surface area (Å²) in [6, 6.07) is 6.34. The summed E-state index contributed by atoms with van der Waals surface area (Å²) in [6.07, 6.45) is 0.349. The molecular formula is C15H25NO4S. The summed E-state index contributed by atoms with van der Waals surface area (Å²) < 4.78 is 32.7. The van der Waals surface area contributed by atoms with Crippen molar-refractivity contribution in [3.8, 4) is 5.75 Å². The fourth-order valence-corrected chi connectivity index (χ4v) is 3.17. The van der Waals surface area contributed by atoms with Gasteiger partial charge >= 0.3 is 0 Å². The van der Waals surface area contributed by atoms with Gasteiger partial charge in [-0.25, -0.2) is 13.1 Å². The van der Waals surface area contributed by atoms with Gasteiger partial charge in [-0.15, -0.1) is 0 Å². The maximum atomic E-state index is 12.3. The van der Waals surface area contributed by atoms with Crippen LogP contribution in [0.4, 0.5) is 0 Å². The van der Waals surface area contributed by atoms with Gasteiger partial charge < -0.3 is 9.84 Å². The van der Waals surface area contributed by atoms with E-state index >= 15 is 0 Å². The normalized spacial score (nSPS) is 12.7. The number of ether oxygens (including phenoxy) is 1. The number of aliphatic hydroxyl groups excluding tert-OH is 1. The highest BCUT2D eigenvalue weighted by Gasteiger charge is 2.25. The molecule has 0 saturated carbocycles. The summed E-state index contributed by atoms with van der Waals surface area (Å²) in [6.45, 7) is 8.09. The van der Waals surface area contributed by atoms with Gasteiger partial charge in [0.25, 0.3) is 0 Å². The molecule has 0 heterocycles. The minimum Gasteiger partial charge on any atom is -0.493 e. The predicted molar refractivity (Wildman–Crippen MR) is 82.9 cm³/mol. The predicted octanol–water partition coefficient (Wildman–Crippen LogP) is 2.16. The van der Waals surface area contributed by atoms with Crippen molar-refractivity contribution >= 4 is 10.0 Å². The molecule has 0 fully saturated rings. The molecule has 0 aliphatic heterocycles. The molecule has 21 heavy (non-hydrogen) atoms. The number of hydrogen-bond acceptors (Lipinski definition) is 4. The zero-order valence-corrected chi connectivity index (χ0v) is 13.9. The van der Waals surface area contributed by atoms with Crippen molar-refractivity contribution in [3.05, 3.63) is 24.3 Å². The maximum absolute atomic E-state index is 12.3. The first kappa shape index (κ1) is 17.9. The van der Waals surface area contributed by atoms with Crippen molar-refractivity contribution in [1.29, 1.82) is 0 Å². The van der Waals surface area contributed by atoms with Gasteiger partial charge in [0.1, 0.15) is 5.75 Å². The second kappa shape index (κ2) is 7.24. The Bertz CT molecular complexity index is 535. The van der Waals surface area contributed by atoms with E-state index in [0.29, 0.717) is 24.7 Å². The molecule has 120 valence electrons. The standard InChI is InChI=1S/C15H25NO4S/c1-12(2)11-20-13-5-7-14(8-6-13)21(18,19)16-15(3,4)9-10-17/h5-8,12,16-17H,9-11H2,1-4H3. The van der Waals surface area contributed by atoms with Gasteiger partial charge in [-0.2, -0.15) is 0 Å². The fraction of sp³-hybridized carbons (Fsp3) is 0.600. The van der Waals surface area contributed by atoms with Crippen LogP contribution in [0.5, 0.6) is 5.75 Å². The average Bonchev–Trinajstić information content (AvgIpc) is 2.35. The summed E-state index contributed by atoms with van der Waals surface area (Å²) in [5.74, 6) is 1.06. The van der Waals surface area contributed by atoms with Crippen LogP contribution in [0.15, 0.2) is 29.2 Å². The highest BCUT2D eigenvalue weighted by Crippen LogP contribution is 2.19. The monoisotopic (exact) mass is 315 g/mol. The van der Waals surface area contributed by atoms with Gasteiger partial charge in [-0.1, -0.05) is 13.8 Å². The Balaban J connectivity index is 2.80. The third-order valence-electron chi connectivity index (χ3n) is 2.86. The van der Waals surface area contributed by atoms with Crippen LogP contribution < -0.4 is 9.46 Å². The molecule has 1 rings (SSSR count). The third-order valence-corrected chi connectivity index (χ3v) is 4.58. The summed E-state index contributed by atoms with van der Waals surface area (Å²) in [5.41, 5.74) is -0.694. The van der Waals surface area contributed by atoms with E-state index in [2.05, 4.69) is 4.72 Å². The minimum absolute atomic E-state index is 0.0719. The minimum atomic E-state index is -3.60. The Morgan fingerprint density at radius 3 is 2.29 bits per heavy atom. The van der Waals surface area contributed by atoms with E-state index in [4.69, 9.17) is 9.84 Å². The molecule has 0 aliphatic carbocycles. The van der Waals surface area contributed by atoms with Gasteiger partial charge in [0.05, 0.1) is 11.5 Å². The highest BCUT2D eigenvalue weighted by atomic mass is 32.2. The van der Waals surface area contributed by atoms with E-state index in [1.165, 1.54) is 12.1 Å². The lowest BCUT2D eigenvalue weighted by molar-refractivity contribution is 0.245. The molecular weight excluding hydrogens is 290 g/mol. The van der Waals surface area contributed by atoms with Crippen LogP contribution in [0, 0.1) is 5.92 Å². The van der Waals surface area contributed by atoms with Gasteiger partial charge in [-0.05, 0) is 50.5 Å². The number of aliphatic hydroxyl groups is 1. The Labute approximate surface area is 127 Å². The molecule has 0 bridgehead atoms. The molecule has 6 heteroatoms. The molecule has 0 amide bonds. The Morgan fingerprint density at radius 2 is 1.81 bits per heavy atom. The van der Waals surface area contributed by atoms with Crippen molar-refractivity contribution in [2.24, 2.45) is 5.92 Å². The number of nitrogens with one attached hydrogen (secondary N) is 1. The van der Waals surface area contributed by atoms with Gasteiger partial charge in [-0.3, -0.25) is 0 Å². The van der Waals surface area contributed by atoms with Crippen LogP contribution in [0.2, 0.25) is 0 Å². The fourth-order valence-electron chi connectivity index (χ4n) is 1.73. The number of hydrogen-bond donors (Lipinski definition) is 2. The zero-order chi connectivity index (χ0) is 16.1. The first-order valence-corrected chi connectivity index (χ1v) is 8.52. The third kappa shape index (κ3) is 6.03. The van der Waals surface area contributed by atoms with Crippen molar-refractivity contribution in [2.45, 2.75) is 44.6 Å². The van der Waals surface area contributed by atoms with Crippen LogP contribution in [-0.4, -0.2) is 32.3 Å². The topological polar surface area (TPSA) is 75.6 Å². The summed E-state index contributed by atoms with van der Waals surface area (Å²) >= 11 is 0. The molecule has 1 aromatic rings. The molecule has 0 unspecified atom stereocenters. The molecule has 0 radical (unpaired) electrons. The Kier molecular flexibility index (Phi) is 6.19. The molecule has 0 atom stereocenters. The number of benzene rings is 1. The maximum Gasteiger partial charge on any atom is 0.241 e. The van der Waals surface area contributed by atoms with Crippen LogP contribution in [0.25, 0.3) is 0 Å². The molecule has 0 spiro atoms. The zero-order valence-electron chi connectivity index (χ0n) is 13.1. The summed E-state index contributed by atoms with van der Waals surface area (Å²) in [7, 11) is -3.60. The van der Waals surface area contributed by atoms with Crippen LogP contribution in [0.3, 0.4) is 0 Å². The van der Waals surface area contributed by atoms with Gasteiger partial charge in [0.2, 0.25) is 10.0 Å².